The van der Waals surface area contributed by atoms with Crippen molar-refractivity contribution in [3.63, 3.8) is 0 Å². The van der Waals surface area contributed by atoms with E-state index in [1.807, 2.05) is 0 Å². The standard InChI is InChI=1S/C25H48O4/c1-21(2)16-18-28-24(26)15-13-11-9-7-6-8-10-12-14-23(5)20-25(27)29-19-17-22(3)4/h21-23H,6-20H2,1-5H3. The van der Waals surface area contributed by atoms with Crippen molar-refractivity contribution in [3.8, 4) is 0 Å². The van der Waals surface area contributed by atoms with Crippen LogP contribution in [-0.2, 0) is 19.1 Å². The Morgan fingerprint density at radius 1 is 0.586 bits per heavy atom. The predicted octanol–water partition coefficient (Wildman–Crippen LogP) is 7.09. The first kappa shape index (κ1) is 27.9. The molecule has 0 saturated carbocycles. The second kappa shape index (κ2) is 18.9. The summed E-state index contributed by atoms with van der Waals surface area (Å²) in [5.74, 6) is 1.51. The third-order valence-electron chi connectivity index (χ3n) is 5.26. The van der Waals surface area contributed by atoms with E-state index in [0.717, 1.165) is 32.1 Å². The first-order chi connectivity index (χ1) is 13.8. The topological polar surface area (TPSA) is 52.6 Å². The fourth-order valence-corrected chi connectivity index (χ4v) is 3.16. The average Bonchev–Trinajstić information content (AvgIpc) is 2.62. The quantitative estimate of drug-likeness (QED) is 0.168. The van der Waals surface area contributed by atoms with Crippen LogP contribution in [0.1, 0.15) is 118 Å². The monoisotopic (exact) mass is 412 g/mol. The van der Waals surface area contributed by atoms with Gasteiger partial charge in [-0.1, -0.05) is 86.0 Å². The lowest BCUT2D eigenvalue weighted by molar-refractivity contribution is -0.145. The highest BCUT2D eigenvalue weighted by Gasteiger charge is 2.10. The Morgan fingerprint density at radius 3 is 1.55 bits per heavy atom. The van der Waals surface area contributed by atoms with E-state index in [0.29, 0.717) is 43.8 Å². The van der Waals surface area contributed by atoms with Gasteiger partial charge in [0.1, 0.15) is 0 Å². The van der Waals surface area contributed by atoms with E-state index in [1.54, 1.807) is 0 Å². The summed E-state index contributed by atoms with van der Waals surface area (Å²) in [6, 6.07) is 0. The van der Waals surface area contributed by atoms with Crippen molar-refractivity contribution in [2.24, 2.45) is 17.8 Å². The van der Waals surface area contributed by atoms with E-state index in [2.05, 4.69) is 34.6 Å². The summed E-state index contributed by atoms with van der Waals surface area (Å²) in [5.41, 5.74) is 0. The average molecular weight is 413 g/mol. The van der Waals surface area contributed by atoms with Crippen molar-refractivity contribution in [2.45, 2.75) is 118 Å². The van der Waals surface area contributed by atoms with Crippen molar-refractivity contribution in [1.29, 1.82) is 0 Å². The summed E-state index contributed by atoms with van der Waals surface area (Å²) in [4.78, 5) is 23.3. The summed E-state index contributed by atoms with van der Waals surface area (Å²) in [6.07, 6.45) is 13.6. The van der Waals surface area contributed by atoms with Gasteiger partial charge in [-0.25, -0.2) is 0 Å². The number of hydrogen-bond acceptors (Lipinski definition) is 4. The summed E-state index contributed by atoms with van der Waals surface area (Å²) in [7, 11) is 0. The van der Waals surface area contributed by atoms with Crippen LogP contribution < -0.4 is 0 Å². The number of carbonyl (C=O) groups excluding carboxylic acids is 2. The van der Waals surface area contributed by atoms with Crippen LogP contribution >= 0.6 is 0 Å². The highest BCUT2D eigenvalue weighted by Crippen LogP contribution is 2.16. The smallest absolute Gasteiger partial charge is 0.306 e. The van der Waals surface area contributed by atoms with Crippen molar-refractivity contribution in [1.82, 2.24) is 0 Å². The van der Waals surface area contributed by atoms with Crippen LogP contribution in [0.25, 0.3) is 0 Å². The molecule has 0 amide bonds. The maximum atomic E-state index is 11.8. The van der Waals surface area contributed by atoms with Gasteiger partial charge in [-0.3, -0.25) is 9.59 Å². The number of esters is 2. The van der Waals surface area contributed by atoms with Crippen LogP contribution in [0, 0.1) is 17.8 Å². The molecule has 1 unspecified atom stereocenters. The molecule has 0 bridgehead atoms. The third kappa shape index (κ3) is 21.5. The molecule has 0 saturated heterocycles. The van der Waals surface area contributed by atoms with Crippen molar-refractivity contribution < 1.29 is 19.1 Å². The van der Waals surface area contributed by atoms with Gasteiger partial charge >= 0.3 is 11.9 Å². The largest absolute Gasteiger partial charge is 0.466 e. The number of hydrogen-bond donors (Lipinski definition) is 0. The Kier molecular flexibility index (Phi) is 18.2. The molecule has 0 aromatic carbocycles. The van der Waals surface area contributed by atoms with Crippen molar-refractivity contribution in [2.75, 3.05) is 13.2 Å². The van der Waals surface area contributed by atoms with Gasteiger partial charge in [0, 0.05) is 12.8 Å². The zero-order valence-corrected chi connectivity index (χ0v) is 20.0. The zero-order valence-electron chi connectivity index (χ0n) is 20.0. The van der Waals surface area contributed by atoms with E-state index >= 15 is 0 Å². The molecule has 0 aromatic heterocycles. The molecule has 172 valence electrons. The lowest BCUT2D eigenvalue weighted by Gasteiger charge is -2.11. The summed E-state index contributed by atoms with van der Waals surface area (Å²) in [5, 5.41) is 0. The van der Waals surface area contributed by atoms with Crippen molar-refractivity contribution >= 4 is 11.9 Å². The molecule has 29 heavy (non-hydrogen) atoms. The van der Waals surface area contributed by atoms with Crippen LogP contribution in [0.4, 0.5) is 0 Å². The Morgan fingerprint density at radius 2 is 1.03 bits per heavy atom. The van der Waals surface area contributed by atoms with E-state index in [9.17, 15) is 9.59 Å². The van der Waals surface area contributed by atoms with Gasteiger partial charge < -0.3 is 9.47 Å². The third-order valence-corrected chi connectivity index (χ3v) is 5.26. The van der Waals surface area contributed by atoms with Gasteiger partial charge in [-0.05, 0) is 37.0 Å². The Labute approximate surface area is 180 Å². The van der Waals surface area contributed by atoms with Gasteiger partial charge in [0.2, 0.25) is 0 Å². The molecule has 0 radical (unpaired) electrons. The molecule has 0 aliphatic rings. The first-order valence-corrected chi connectivity index (χ1v) is 12.1. The highest BCUT2D eigenvalue weighted by atomic mass is 16.5. The molecular formula is C25H48O4. The fourth-order valence-electron chi connectivity index (χ4n) is 3.16. The molecule has 1 atom stereocenters. The van der Waals surface area contributed by atoms with Gasteiger partial charge in [0.15, 0.2) is 0 Å². The molecule has 4 nitrogen and oxygen atoms in total. The second-order valence-electron chi connectivity index (χ2n) is 9.48. The molecule has 0 rings (SSSR count). The molecule has 0 fully saturated rings. The molecular weight excluding hydrogens is 364 g/mol. The van der Waals surface area contributed by atoms with E-state index in [-0.39, 0.29) is 11.9 Å². The number of unbranched alkanes of at least 4 members (excludes halogenated alkanes) is 7. The number of carbonyl (C=O) groups is 2. The van der Waals surface area contributed by atoms with E-state index in [4.69, 9.17) is 9.47 Å². The first-order valence-electron chi connectivity index (χ1n) is 12.1. The minimum atomic E-state index is -0.0399. The van der Waals surface area contributed by atoms with Crippen LogP contribution in [0.3, 0.4) is 0 Å². The fraction of sp³-hybridized carbons (Fsp3) is 0.920. The number of ether oxygens (including phenoxy) is 2. The van der Waals surface area contributed by atoms with Gasteiger partial charge in [0.25, 0.3) is 0 Å². The second-order valence-corrected chi connectivity index (χ2v) is 9.48. The van der Waals surface area contributed by atoms with Crippen LogP contribution in [0.2, 0.25) is 0 Å². The summed E-state index contributed by atoms with van der Waals surface area (Å²) < 4.78 is 10.5. The predicted molar refractivity (Wildman–Crippen MR) is 121 cm³/mol. The zero-order chi connectivity index (χ0) is 21.9. The van der Waals surface area contributed by atoms with E-state index < -0.39 is 0 Å². The molecule has 0 aliphatic carbocycles. The lowest BCUT2D eigenvalue weighted by Crippen LogP contribution is -2.11. The van der Waals surface area contributed by atoms with Gasteiger partial charge in [-0.2, -0.15) is 0 Å². The van der Waals surface area contributed by atoms with Gasteiger partial charge in [-0.15, -0.1) is 0 Å². The molecule has 0 aromatic rings. The van der Waals surface area contributed by atoms with Crippen molar-refractivity contribution in [3.05, 3.63) is 0 Å². The minimum absolute atomic E-state index is 0.0384. The van der Waals surface area contributed by atoms with Crippen LogP contribution in [0.15, 0.2) is 0 Å². The molecule has 0 N–H and O–H groups in total. The van der Waals surface area contributed by atoms with Gasteiger partial charge in [0.05, 0.1) is 13.2 Å². The molecule has 0 aliphatic heterocycles. The highest BCUT2D eigenvalue weighted by molar-refractivity contribution is 5.69. The molecule has 0 spiro atoms. The summed E-state index contributed by atoms with van der Waals surface area (Å²) in [6.45, 7) is 11.8. The Bertz CT molecular complexity index is 404. The Hall–Kier alpha value is -1.06. The molecule has 4 heteroatoms. The van der Waals surface area contributed by atoms with E-state index in [1.165, 1.54) is 38.5 Å². The maximum Gasteiger partial charge on any atom is 0.306 e. The summed E-state index contributed by atoms with van der Waals surface area (Å²) >= 11 is 0. The Balaban J connectivity index is 3.38. The van der Waals surface area contributed by atoms with Crippen LogP contribution in [-0.4, -0.2) is 25.2 Å². The number of rotatable bonds is 19. The van der Waals surface area contributed by atoms with Crippen LogP contribution in [0.5, 0.6) is 0 Å². The normalized spacial score (nSPS) is 12.4. The lowest BCUT2D eigenvalue weighted by atomic mass is 9.99. The maximum absolute atomic E-state index is 11.8. The molecule has 0 heterocycles. The SMILES string of the molecule is CC(C)CCOC(=O)CCCCCCCCCCC(C)CC(=O)OCCC(C)C. The minimum Gasteiger partial charge on any atom is -0.466 e.